The maximum atomic E-state index is 11.3. The van der Waals surface area contributed by atoms with Crippen molar-refractivity contribution in [2.75, 3.05) is 6.61 Å². The second-order valence-corrected chi connectivity index (χ2v) is 4.90. The second-order valence-electron chi connectivity index (χ2n) is 3.66. The van der Waals surface area contributed by atoms with Crippen LogP contribution in [0.3, 0.4) is 0 Å². The molecule has 0 saturated heterocycles. The van der Waals surface area contributed by atoms with Gasteiger partial charge >= 0.3 is 13.5 Å². The number of hydrogen-bond donors (Lipinski definition) is 4. The standard InChI is InChI=1S/C8H13N2O7P/c1-5-2-10(8(13)9-7(5)12)3-6(11)4-17-18(14,15)16/h2,6,11H,3-4H2,1H3,(H,9,12,13)(H2,14,15,16)/t6-/m1/s1. The lowest BCUT2D eigenvalue weighted by Gasteiger charge is -2.13. The Morgan fingerprint density at radius 3 is 2.67 bits per heavy atom. The normalized spacial score (nSPS) is 13.6. The van der Waals surface area contributed by atoms with E-state index in [-0.39, 0.29) is 12.1 Å². The molecule has 0 aliphatic heterocycles. The predicted octanol–water partition coefficient (Wildman–Crippen LogP) is -1.68. The molecule has 0 fully saturated rings. The van der Waals surface area contributed by atoms with Crippen LogP contribution in [0.5, 0.6) is 0 Å². The van der Waals surface area contributed by atoms with Crippen LogP contribution in [0.2, 0.25) is 0 Å². The van der Waals surface area contributed by atoms with E-state index in [2.05, 4.69) is 4.52 Å². The van der Waals surface area contributed by atoms with Gasteiger partial charge in [0.2, 0.25) is 0 Å². The summed E-state index contributed by atoms with van der Waals surface area (Å²) in [5.41, 5.74) is -0.976. The maximum Gasteiger partial charge on any atom is 0.469 e. The summed E-state index contributed by atoms with van der Waals surface area (Å²) < 4.78 is 15.5. The molecule has 1 aromatic rings. The van der Waals surface area contributed by atoms with Gasteiger partial charge in [-0.2, -0.15) is 0 Å². The molecule has 0 unspecified atom stereocenters. The number of nitrogens with one attached hydrogen (secondary N) is 1. The Bertz CT molecular complexity index is 572. The van der Waals surface area contributed by atoms with Crippen LogP contribution in [0.15, 0.2) is 15.8 Å². The third-order valence-corrected chi connectivity index (χ3v) is 2.52. The molecule has 1 heterocycles. The molecule has 0 spiro atoms. The summed E-state index contributed by atoms with van der Waals surface area (Å²) >= 11 is 0. The third-order valence-electron chi connectivity index (χ3n) is 2.03. The number of aliphatic hydroxyl groups is 1. The number of hydrogen-bond acceptors (Lipinski definition) is 5. The summed E-state index contributed by atoms with van der Waals surface area (Å²) in [6.07, 6.45) is -0.0531. The second kappa shape index (κ2) is 5.59. The highest BCUT2D eigenvalue weighted by atomic mass is 31.2. The van der Waals surface area contributed by atoms with Crippen molar-refractivity contribution in [3.05, 3.63) is 32.6 Å². The molecule has 1 atom stereocenters. The zero-order chi connectivity index (χ0) is 13.9. The fourth-order valence-corrected chi connectivity index (χ4v) is 1.58. The van der Waals surface area contributed by atoms with E-state index >= 15 is 0 Å². The highest BCUT2D eigenvalue weighted by molar-refractivity contribution is 7.46. The Hall–Kier alpha value is -1.25. The van der Waals surface area contributed by atoms with Gasteiger partial charge < -0.3 is 14.9 Å². The van der Waals surface area contributed by atoms with E-state index in [4.69, 9.17) is 9.79 Å². The molecular weight excluding hydrogens is 267 g/mol. The monoisotopic (exact) mass is 280 g/mol. The molecule has 0 aliphatic rings. The van der Waals surface area contributed by atoms with E-state index in [0.717, 1.165) is 4.57 Å². The lowest BCUT2D eigenvalue weighted by atomic mass is 10.3. The minimum absolute atomic E-state index is 0.254. The number of H-pyrrole nitrogens is 1. The van der Waals surface area contributed by atoms with Crippen molar-refractivity contribution in [2.24, 2.45) is 0 Å². The lowest BCUT2D eigenvalue weighted by Crippen LogP contribution is -2.34. The van der Waals surface area contributed by atoms with E-state index in [1.807, 2.05) is 4.98 Å². The molecule has 102 valence electrons. The fraction of sp³-hybridized carbons (Fsp3) is 0.500. The largest absolute Gasteiger partial charge is 0.469 e. The number of aryl methyl sites for hydroxylation is 1. The Morgan fingerprint density at radius 1 is 1.50 bits per heavy atom. The lowest BCUT2D eigenvalue weighted by molar-refractivity contribution is 0.0723. The van der Waals surface area contributed by atoms with E-state index in [9.17, 15) is 19.3 Å². The van der Waals surface area contributed by atoms with Gasteiger partial charge in [0.1, 0.15) is 0 Å². The molecule has 4 N–H and O–H groups in total. The molecule has 0 radical (unpaired) electrons. The Labute approximate surface area is 101 Å². The van der Waals surface area contributed by atoms with Gasteiger partial charge in [-0.3, -0.25) is 18.9 Å². The third kappa shape index (κ3) is 4.55. The summed E-state index contributed by atoms with van der Waals surface area (Å²) in [5.74, 6) is 0. The number of aromatic nitrogens is 2. The van der Waals surface area contributed by atoms with Gasteiger partial charge in [0, 0.05) is 11.8 Å². The van der Waals surface area contributed by atoms with Crippen LogP contribution < -0.4 is 11.2 Å². The summed E-state index contributed by atoms with van der Waals surface area (Å²) in [6, 6.07) is 0. The summed E-state index contributed by atoms with van der Waals surface area (Å²) in [4.78, 5) is 41.3. The topological polar surface area (TPSA) is 142 Å². The van der Waals surface area contributed by atoms with Gasteiger partial charge in [-0.25, -0.2) is 9.36 Å². The smallest absolute Gasteiger partial charge is 0.389 e. The Balaban J connectivity index is 2.74. The first-order valence-corrected chi connectivity index (χ1v) is 6.40. The van der Waals surface area contributed by atoms with Crippen LogP contribution in [-0.2, 0) is 15.6 Å². The molecule has 18 heavy (non-hydrogen) atoms. The average molecular weight is 280 g/mol. The molecule has 0 bridgehead atoms. The quantitative estimate of drug-likeness (QED) is 0.471. The van der Waals surface area contributed by atoms with Crippen LogP contribution in [0, 0.1) is 6.92 Å². The van der Waals surface area contributed by atoms with Crippen LogP contribution in [0.1, 0.15) is 5.56 Å². The van der Waals surface area contributed by atoms with E-state index < -0.39 is 31.8 Å². The van der Waals surface area contributed by atoms with Gasteiger partial charge in [-0.05, 0) is 6.92 Å². The molecule has 0 aliphatic carbocycles. The van der Waals surface area contributed by atoms with Gasteiger partial charge in [0.25, 0.3) is 5.56 Å². The van der Waals surface area contributed by atoms with Crippen molar-refractivity contribution < 1.29 is 24.0 Å². The van der Waals surface area contributed by atoms with Crippen molar-refractivity contribution in [3.63, 3.8) is 0 Å². The zero-order valence-electron chi connectivity index (χ0n) is 9.44. The highest BCUT2D eigenvalue weighted by Crippen LogP contribution is 2.35. The number of aliphatic hydroxyl groups excluding tert-OH is 1. The van der Waals surface area contributed by atoms with Gasteiger partial charge in [-0.1, -0.05) is 0 Å². The van der Waals surface area contributed by atoms with Gasteiger partial charge in [0.05, 0.1) is 19.3 Å². The number of phosphoric ester groups is 1. The van der Waals surface area contributed by atoms with Crippen molar-refractivity contribution in [2.45, 2.75) is 19.6 Å². The average Bonchev–Trinajstić information content (AvgIpc) is 2.22. The van der Waals surface area contributed by atoms with Crippen LogP contribution in [0.4, 0.5) is 0 Å². The highest BCUT2D eigenvalue weighted by Gasteiger charge is 2.17. The van der Waals surface area contributed by atoms with E-state index in [1.54, 1.807) is 0 Å². The number of rotatable bonds is 5. The molecule has 0 amide bonds. The minimum atomic E-state index is -4.66. The molecular formula is C8H13N2O7P. The van der Waals surface area contributed by atoms with Crippen molar-refractivity contribution in [1.29, 1.82) is 0 Å². The van der Waals surface area contributed by atoms with E-state index in [0.29, 0.717) is 0 Å². The number of aromatic amines is 1. The van der Waals surface area contributed by atoms with E-state index in [1.165, 1.54) is 13.1 Å². The first-order valence-electron chi connectivity index (χ1n) is 4.87. The zero-order valence-corrected chi connectivity index (χ0v) is 10.3. The summed E-state index contributed by atoms with van der Waals surface area (Å²) in [5, 5.41) is 9.43. The summed E-state index contributed by atoms with van der Waals surface area (Å²) in [7, 11) is -4.66. The van der Waals surface area contributed by atoms with Crippen molar-refractivity contribution in [1.82, 2.24) is 9.55 Å². The van der Waals surface area contributed by atoms with Crippen LogP contribution in [-0.4, -0.2) is 37.2 Å². The SMILES string of the molecule is Cc1cn(C[C@@H](O)COP(=O)(O)O)c(=O)[nH]c1=O. The number of nitrogens with zero attached hydrogens (tertiary/aromatic N) is 1. The summed E-state index contributed by atoms with van der Waals surface area (Å²) in [6.45, 7) is 0.596. The first-order chi connectivity index (χ1) is 8.19. The number of phosphoric acid groups is 1. The Morgan fingerprint density at radius 2 is 2.11 bits per heavy atom. The molecule has 9 nitrogen and oxygen atoms in total. The minimum Gasteiger partial charge on any atom is -0.389 e. The molecule has 1 rings (SSSR count). The molecule has 0 aromatic carbocycles. The van der Waals surface area contributed by atoms with Crippen LogP contribution >= 0.6 is 7.82 Å². The first kappa shape index (κ1) is 14.8. The molecule has 1 aromatic heterocycles. The van der Waals surface area contributed by atoms with Crippen molar-refractivity contribution in [3.8, 4) is 0 Å². The fourth-order valence-electron chi connectivity index (χ4n) is 1.22. The van der Waals surface area contributed by atoms with Crippen LogP contribution in [0.25, 0.3) is 0 Å². The maximum absolute atomic E-state index is 11.3. The molecule has 0 saturated carbocycles. The van der Waals surface area contributed by atoms with Gasteiger partial charge in [0.15, 0.2) is 0 Å². The molecule has 10 heteroatoms. The van der Waals surface area contributed by atoms with Gasteiger partial charge in [-0.15, -0.1) is 0 Å². The Kier molecular flexibility index (Phi) is 4.60. The van der Waals surface area contributed by atoms with Crippen molar-refractivity contribution >= 4 is 7.82 Å². The predicted molar refractivity (Wildman–Crippen MR) is 60.1 cm³/mol.